The van der Waals surface area contributed by atoms with Crippen molar-refractivity contribution < 1.29 is 4.74 Å². The third kappa shape index (κ3) is 5.62. The molecule has 0 saturated carbocycles. The molecular formula is C17H30Cl2N2O. The minimum Gasteiger partial charge on any atom is -0.497 e. The Morgan fingerprint density at radius 2 is 1.91 bits per heavy atom. The average Bonchev–Trinajstić information content (AvgIpc) is 2.50. The molecule has 1 saturated heterocycles. The normalized spacial score (nSPS) is 16.3. The average molecular weight is 349 g/mol. The number of nitrogens with one attached hydrogen (secondary N) is 1. The van der Waals surface area contributed by atoms with Crippen LogP contribution in [0, 0.1) is 6.92 Å². The molecule has 1 aliphatic heterocycles. The largest absolute Gasteiger partial charge is 0.497 e. The van der Waals surface area contributed by atoms with E-state index in [0.29, 0.717) is 6.04 Å². The van der Waals surface area contributed by atoms with E-state index in [2.05, 4.69) is 42.3 Å². The molecule has 0 bridgehead atoms. The first-order valence-corrected chi connectivity index (χ1v) is 7.85. The molecule has 1 atom stereocenters. The van der Waals surface area contributed by atoms with E-state index in [-0.39, 0.29) is 24.8 Å². The third-order valence-corrected chi connectivity index (χ3v) is 4.26. The number of aryl methyl sites for hydroxylation is 1. The number of hydrogen-bond donors (Lipinski definition) is 1. The van der Waals surface area contributed by atoms with E-state index in [1.807, 2.05) is 0 Å². The molecule has 0 spiro atoms. The maximum absolute atomic E-state index is 5.33. The number of unbranched alkanes of at least 4 members (excludes halogenated alkanes) is 1. The highest BCUT2D eigenvalue weighted by molar-refractivity contribution is 5.85. The lowest BCUT2D eigenvalue weighted by molar-refractivity contribution is 0.162. The van der Waals surface area contributed by atoms with Crippen LogP contribution in [0.4, 0.5) is 0 Å². The van der Waals surface area contributed by atoms with Crippen molar-refractivity contribution in [1.29, 1.82) is 0 Å². The van der Waals surface area contributed by atoms with Crippen LogP contribution in [-0.4, -0.2) is 38.2 Å². The Kier molecular flexibility index (Phi) is 10.9. The monoisotopic (exact) mass is 348 g/mol. The number of halogens is 2. The van der Waals surface area contributed by atoms with E-state index in [4.69, 9.17) is 4.74 Å². The third-order valence-electron chi connectivity index (χ3n) is 4.26. The molecule has 2 rings (SSSR count). The number of methoxy groups -OCH3 is 1. The summed E-state index contributed by atoms with van der Waals surface area (Å²) in [6.45, 7) is 9.00. The van der Waals surface area contributed by atoms with E-state index in [1.165, 1.54) is 30.4 Å². The van der Waals surface area contributed by atoms with Crippen LogP contribution < -0.4 is 10.1 Å². The van der Waals surface area contributed by atoms with E-state index in [0.717, 1.165) is 31.9 Å². The molecule has 1 aliphatic rings. The van der Waals surface area contributed by atoms with Crippen molar-refractivity contribution in [3.63, 3.8) is 0 Å². The van der Waals surface area contributed by atoms with Crippen molar-refractivity contribution in [1.82, 2.24) is 10.2 Å². The Hall–Kier alpha value is -0.480. The molecule has 5 heteroatoms. The molecule has 0 aliphatic carbocycles. The summed E-state index contributed by atoms with van der Waals surface area (Å²) in [6, 6.07) is 7.08. The Morgan fingerprint density at radius 1 is 1.23 bits per heavy atom. The molecule has 22 heavy (non-hydrogen) atoms. The first-order valence-electron chi connectivity index (χ1n) is 7.85. The summed E-state index contributed by atoms with van der Waals surface area (Å²) in [5.41, 5.74) is 2.82. The van der Waals surface area contributed by atoms with Gasteiger partial charge in [-0.05, 0) is 36.6 Å². The lowest BCUT2D eigenvalue weighted by Crippen LogP contribution is -2.45. The Labute approximate surface area is 147 Å². The maximum atomic E-state index is 5.33. The maximum Gasteiger partial charge on any atom is 0.119 e. The van der Waals surface area contributed by atoms with Gasteiger partial charge in [0.15, 0.2) is 0 Å². The second-order valence-corrected chi connectivity index (χ2v) is 5.67. The van der Waals surface area contributed by atoms with Crippen molar-refractivity contribution in [2.24, 2.45) is 0 Å². The van der Waals surface area contributed by atoms with Crippen molar-refractivity contribution >= 4 is 24.8 Å². The van der Waals surface area contributed by atoms with Crippen LogP contribution in [0.15, 0.2) is 18.2 Å². The fourth-order valence-electron chi connectivity index (χ4n) is 3.08. The van der Waals surface area contributed by atoms with Crippen LogP contribution >= 0.6 is 24.8 Å². The van der Waals surface area contributed by atoms with Gasteiger partial charge in [-0.2, -0.15) is 0 Å². The van der Waals surface area contributed by atoms with Gasteiger partial charge < -0.3 is 10.1 Å². The summed E-state index contributed by atoms with van der Waals surface area (Å²) >= 11 is 0. The van der Waals surface area contributed by atoms with Gasteiger partial charge in [0.2, 0.25) is 0 Å². The van der Waals surface area contributed by atoms with Crippen LogP contribution in [0.1, 0.15) is 43.4 Å². The zero-order valence-electron chi connectivity index (χ0n) is 13.9. The number of rotatable bonds is 6. The first kappa shape index (κ1) is 21.5. The molecule has 1 aromatic carbocycles. The molecule has 1 aromatic rings. The lowest BCUT2D eigenvalue weighted by atomic mass is 9.95. The van der Waals surface area contributed by atoms with E-state index in [1.54, 1.807) is 7.11 Å². The zero-order chi connectivity index (χ0) is 14.4. The molecule has 0 unspecified atom stereocenters. The van der Waals surface area contributed by atoms with Gasteiger partial charge in [-0.3, -0.25) is 4.90 Å². The predicted molar refractivity (Wildman–Crippen MR) is 98.9 cm³/mol. The quantitative estimate of drug-likeness (QED) is 0.841. The smallest absolute Gasteiger partial charge is 0.119 e. The minimum absolute atomic E-state index is 0. The van der Waals surface area contributed by atoms with Gasteiger partial charge in [0.25, 0.3) is 0 Å². The highest BCUT2D eigenvalue weighted by atomic mass is 35.5. The molecule has 0 radical (unpaired) electrons. The van der Waals surface area contributed by atoms with E-state index in [9.17, 15) is 0 Å². The Bertz CT molecular complexity index is 423. The second-order valence-electron chi connectivity index (χ2n) is 5.67. The number of nitrogens with zero attached hydrogens (tertiary/aromatic N) is 1. The topological polar surface area (TPSA) is 24.5 Å². The minimum atomic E-state index is 0. The molecule has 0 amide bonds. The summed E-state index contributed by atoms with van der Waals surface area (Å²) in [5.74, 6) is 0.959. The van der Waals surface area contributed by atoms with Gasteiger partial charge in [-0.25, -0.2) is 0 Å². The number of benzene rings is 1. The SMILES string of the molecule is CCCC[C@H](c1ccc(OC)cc1C)N1CCNCC1.Cl.Cl. The number of piperazine rings is 1. The van der Waals surface area contributed by atoms with Crippen LogP contribution in [0.5, 0.6) is 5.75 Å². The number of hydrogen-bond acceptors (Lipinski definition) is 3. The van der Waals surface area contributed by atoms with Gasteiger partial charge in [0.05, 0.1) is 7.11 Å². The molecule has 1 fully saturated rings. The summed E-state index contributed by atoms with van der Waals surface area (Å²) in [6.07, 6.45) is 3.81. The lowest BCUT2D eigenvalue weighted by Gasteiger charge is -2.36. The predicted octanol–water partition coefficient (Wildman–Crippen LogP) is 3.98. The van der Waals surface area contributed by atoms with Crippen LogP contribution in [0.3, 0.4) is 0 Å². The summed E-state index contributed by atoms with van der Waals surface area (Å²) in [5, 5.41) is 3.45. The number of ether oxygens (including phenoxy) is 1. The highest BCUT2D eigenvalue weighted by Gasteiger charge is 2.23. The van der Waals surface area contributed by atoms with Crippen molar-refractivity contribution in [3.8, 4) is 5.75 Å². The van der Waals surface area contributed by atoms with Crippen molar-refractivity contribution in [2.75, 3.05) is 33.3 Å². The van der Waals surface area contributed by atoms with Gasteiger partial charge in [-0.1, -0.05) is 25.8 Å². The van der Waals surface area contributed by atoms with Crippen LogP contribution in [0.2, 0.25) is 0 Å². The standard InChI is InChI=1S/C17H28N2O.2ClH/c1-4-5-6-17(19-11-9-18-10-12-19)16-8-7-15(20-3)13-14(16)2;;/h7-8,13,17-18H,4-6,9-12H2,1-3H3;2*1H/t17-;;/m1../s1. The molecular weight excluding hydrogens is 319 g/mol. The van der Waals surface area contributed by atoms with Crippen LogP contribution in [-0.2, 0) is 0 Å². The van der Waals surface area contributed by atoms with Crippen molar-refractivity contribution in [3.05, 3.63) is 29.3 Å². The Morgan fingerprint density at radius 3 is 2.45 bits per heavy atom. The molecule has 1 N–H and O–H groups in total. The Balaban J connectivity index is 0.00000220. The van der Waals surface area contributed by atoms with Crippen LogP contribution in [0.25, 0.3) is 0 Å². The summed E-state index contributed by atoms with van der Waals surface area (Å²) < 4.78 is 5.33. The first-order chi connectivity index (χ1) is 9.76. The van der Waals surface area contributed by atoms with Gasteiger partial charge in [-0.15, -0.1) is 24.8 Å². The van der Waals surface area contributed by atoms with Gasteiger partial charge >= 0.3 is 0 Å². The fourth-order valence-corrected chi connectivity index (χ4v) is 3.08. The van der Waals surface area contributed by atoms with Crippen molar-refractivity contribution in [2.45, 2.75) is 39.2 Å². The summed E-state index contributed by atoms with van der Waals surface area (Å²) in [4.78, 5) is 2.64. The molecule has 1 heterocycles. The van der Waals surface area contributed by atoms with Gasteiger partial charge in [0.1, 0.15) is 5.75 Å². The second kappa shape index (κ2) is 11.1. The molecule has 128 valence electrons. The van der Waals surface area contributed by atoms with Gasteiger partial charge in [0, 0.05) is 32.2 Å². The van der Waals surface area contributed by atoms with E-state index < -0.39 is 0 Å². The molecule has 3 nitrogen and oxygen atoms in total. The highest BCUT2D eigenvalue weighted by Crippen LogP contribution is 2.31. The van der Waals surface area contributed by atoms with E-state index >= 15 is 0 Å². The summed E-state index contributed by atoms with van der Waals surface area (Å²) in [7, 11) is 1.74. The fraction of sp³-hybridized carbons (Fsp3) is 0.647. The molecule has 0 aromatic heterocycles. The zero-order valence-corrected chi connectivity index (χ0v) is 15.6.